The molecule has 130 heavy (non-hydrogen) atoms. The number of fused-ring (bicyclic) bond motifs is 5. The molecule has 13 atom stereocenters. The molecule has 11 amide bonds. The number of nitrogens with zero attached hydrogens (tertiary/aromatic N) is 13. The van der Waals surface area contributed by atoms with Crippen LogP contribution in [0.25, 0.3) is 53.9 Å². The highest BCUT2D eigenvalue weighted by Gasteiger charge is 2.47. The van der Waals surface area contributed by atoms with Crippen molar-refractivity contribution < 1.29 is 61.1 Å². The first-order chi connectivity index (χ1) is 62.1. The van der Waals surface area contributed by atoms with Crippen LogP contribution in [0.1, 0.15) is 138 Å². The first-order valence-corrected chi connectivity index (χ1v) is 43.1. The lowest BCUT2D eigenvalue weighted by atomic mass is 10.1. The van der Waals surface area contributed by atoms with Crippen LogP contribution in [0.15, 0.2) is 110 Å². The number of nitrogen functional groups attached to an aromatic ring is 5. The molecule has 5 aromatic heterocycles. The van der Waals surface area contributed by atoms with Crippen molar-refractivity contribution in [3.8, 4) is 18.2 Å². The summed E-state index contributed by atoms with van der Waals surface area (Å²) in [5.74, 6) is -2.67. The normalized spacial score (nSPS) is 23.2. The number of nitrogens with one attached hydrogen (secondary N) is 6. The fourth-order valence-electron chi connectivity index (χ4n) is 17.2. The SMILES string of the molecule is CC(C)NC(=O)Nc1cc2cc(N3C(=O)CCC3C)cc(N)c2cn1.C[C@@H]1CCC(=O)N1c1cc2cc(NC(=O)[C@@H]3C[C@H]3C#N)ncc2c(N)c1F.C[C@H]1CCC(=O)N1c1cc(N)c2cnc(NC(=O)[C@@H]3C[C@@H]3F)cc2c1.C[C@H]1CCC(=O)N1c1cc(N)c2cnc(NC(=O)[C@@H]3C[C@H]3C#N)cc2c1.C[C@H]1CCC(=O)N1c1cc2cc(NC(=O)[C@@H]3C[C@H]3C#N)ncc2c(N)c1F. The minimum Gasteiger partial charge on any atom is -0.398 e. The summed E-state index contributed by atoms with van der Waals surface area (Å²) < 4.78 is 42.6. The number of aromatic nitrogens is 5. The number of alkyl halides is 1. The van der Waals surface area contributed by atoms with E-state index in [1.807, 2.05) is 72.7 Å². The van der Waals surface area contributed by atoms with Crippen molar-refractivity contribution in [3.05, 3.63) is 121 Å². The van der Waals surface area contributed by atoms with Crippen molar-refractivity contribution in [1.82, 2.24) is 30.2 Å². The molecule has 670 valence electrons. The number of hydrogen-bond acceptors (Lipinski definition) is 23. The van der Waals surface area contributed by atoms with Gasteiger partial charge in [0.25, 0.3) is 0 Å². The van der Waals surface area contributed by atoms with Gasteiger partial charge in [-0.05, 0) is 212 Å². The molecular formula is C93H97F3N24O10. The summed E-state index contributed by atoms with van der Waals surface area (Å²) >= 11 is 0. The summed E-state index contributed by atoms with van der Waals surface area (Å²) in [6.07, 6.45) is 14.7. The average Bonchev–Trinajstić information content (AvgIpc) is 1.06. The number of pyridine rings is 5. The summed E-state index contributed by atoms with van der Waals surface area (Å²) in [6.45, 7) is 13.6. The largest absolute Gasteiger partial charge is 0.398 e. The maximum absolute atomic E-state index is 14.8. The summed E-state index contributed by atoms with van der Waals surface area (Å²) in [6, 6.07) is 28.8. The Hall–Kier alpha value is -15.1. The molecule has 10 aromatic rings. The van der Waals surface area contributed by atoms with E-state index in [9.17, 15) is 61.1 Å². The van der Waals surface area contributed by atoms with Crippen molar-refractivity contribution in [1.29, 1.82) is 15.8 Å². The molecule has 19 rings (SSSR count). The van der Waals surface area contributed by atoms with E-state index in [1.165, 1.54) is 22.2 Å². The Morgan fingerprint density at radius 2 is 0.631 bits per heavy atom. The number of anilines is 15. The van der Waals surface area contributed by atoms with Crippen molar-refractivity contribution >= 4 is 199 Å². The standard InChI is InChI=1S/2C19H18FN5O2.C19H19N5O2.C18H19FN4O2.C18H23N5O2/c2*1-9-2-3-16(26)25(9)14-5-10-6-15(23-8-13(10)18(22)17(14)20)24-19(27)12-4-11(12)7-21;1-10-2-3-18(25)24(10)13-4-11-6-17(22-9-15(11)16(21)7-13)23-19(26)14-5-12(14)8-20;1-9-2-3-17(24)23(9)11-4-10-5-16(21-8-13(10)15(20)6-11)22-18(25)12-7-14(12)19;1-10(2)21-18(25)22-16-7-12-6-13(8-15(19)14(12)9-20-16)23-11(3)4-5-17(23)24/h2*5-6,8-9,11-12H,2-4,22H2,1H3,(H,23,24,27);4,6-7,9-10,12,14H,2-3,5,21H2,1H3,(H,22,23,26);4-6,8-9,12,14H,2-3,7,20H2,1H3,(H,21,22,25);6-11H,4-5,19H2,1-3H3,(H2,20,21,22,25)/t9-,11+,12-;9-,11-,12+;10-,12-,14+;9-,12+,14-;/m1000./s1. The van der Waals surface area contributed by atoms with Crippen LogP contribution in [0.5, 0.6) is 0 Å². The lowest BCUT2D eigenvalue weighted by Crippen LogP contribution is -2.34. The van der Waals surface area contributed by atoms with Gasteiger partial charge >= 0.3 is 6.03 Å². The quantitative estimate of drug-likeness (QED) is 0.0425. The van der Waals surface area contributed by atoms with Gasteiger partial charge in [-0.2, -0.15) is 15.8 Å². The fraction of sp³-hybridized carbons (Fsp3) is 0.376. The monoisotopic (exact) mass is 1770 g/mol. The van der Waals surface area contributed by atoms with E-state index >= 15 is 0 Å². The van der Waals surface area contributed by atoms with Crippen molar-refractivity contribution in [2.24, 2.45) is 41.4 Å². The van der Waals surface area contributed by atoms with Crippen molar-refractivity contribution in [2.45, 2.75) is 181 Å². The van der Waals surface area contributed by atoms with Gasteiger partial charge in [-0.25, -0.2) is 42.9 Å². The predicted molar refractivity (Wildman–Crippen MR) is 488 cm³/mol. The van der Waals surface area contributed by atoms with Gasteiger partial charge in [0.05, 0.1) is 82.4 Å². The number of hydrogen-bond donors (Lipinski definition) is 11. The lowest BCUT2D eigenvalue weighted by Gasteiger charge is -2.23. The topological polar surface area (TPSA) is 525 Å². The second kappa shape index (κ2) is 36.7. The number of urea groups is 1. The summed E-state index contributed by atoms with van der Waals surface area (Å²) in [5, 5.41) is 49.5. The molecule has 5 aliphatic heterocycles. The van der Waals surface area contributed by atoms with Gasteiger partial charge in [0.2, 0.25) is 53.2 Å². The molecule has 5 aromatic carbocycles. The van der Waals surface area contributed by atoms with Crippen LogP contribution in [-0.2, 0) is 43.2 Å². The number of amides is 11. The molecule has 16 N–H and O–H groups in total. The molecular weight excluding hydrogens is 1670 g/mol. The van der Waals surface area contributed by atoms with E-state index in [1.54, 1.807) is 87.9 Å². The van der Waals surface area contributed by atoms with Crippen LogP contribution in [0.4, 0.5) is 104 Å². The average molecular weight is 1770 g/mol. The Morgan fingerprint density at radius 3 is 0.877 bits per heavy atom. The molecule has 9 aliphatic rings. The number of benzene rings is 5. The van der Waals surface area contributed by atoms with E-state index < -0.39 is 23.7 Å². The van der Waals surface area contributed by atoms with Gasteiger partial charge in [0, 0.05) is 160 Å². The van der Waals surface area contributed by atoms with E-state index in [4.69, 9.17) is 44.5 Å². The molecule has 34 nitrogen and oxygen atoms in total. The molecule has 5 saturated heterocycles. The number of rotatable bonds is 15. The minimum atomic E-state index is -1.05. The zero-order chi connectivity index (χ0) is 92.9. The fourth-order valence-corrected chi connectivity index (χ4v) is 17.2. The summed E-state index contributed by atoms with van der Waals surface area (Å²) in [4.78, 5) is 150. The van der Waals surface area contributed by atoms with Gasteiger partial charge in [0.1, 0.15) is 35.3 Å². The smallest absolute Gasteiger partial charge is 0.320 e. The highest BCUT2D eigenvalue weighted by atomic mass is 19.1. The highest BCUT2D eigenvalue weighted by molar-refractivity contribution is 6.10. The molecule has 37 heteroatoms. The van der Waals surface area contributed by atoms with E-state index in [0.29, 0.717) is 132 Å². The highest BCUT2D eigenvalue weighted by Crippen LogP contribution is 2.45. The zero-order valence-corrected chi connectivity index (χ0v) is 72.3. The number of carbonyl (C=O) groups excluding carboxylic acids is 10. The second-order valence-corrected chi connectivity index (χ2v) is 34.9. The number of nitrogens with two attached hydrogens (primary N) is 5. The predicted octanol–water partition coefficient (Wildman–Crippen LogP) is 13.1. The van der Waals surface area contributed by atoms with Crippen LogP contribution in [0.3, 0.4) is 0 Å². The number of halogens is 3. The van der Waals surface area contributed by atoms with Gasteiger partial charge in [-0.15, -0.1) is 0 Å². The lowest BCUT2D eigenvalue weighted by molar-refractivity contribution is -0.118. The Balaban J connectivity index is 0.000000125. The van der Waals surface area contributed by atoms with Gasteiger partial charge < -0.3 is 79.8 Å². The Bertz CT molecular complexity index is 6330. The van der Waals surface area contributed by atoms with Gasteiger partial charge in [-0.3, -0.25) is 48.5 Å². The molecule has 10 heterocycles. The van der Waals surface area contributed by atoms with E-state index in [0.717, 1.165) is 68.6 Å². The van der Waals surface area contributed by atoms with Crippen LogP contribution in [0.2, 0.25) is 0 Å². The first-order valence-electron chi connectivity index (χ1n) is 43.1. The third-order valence-corrected chi connectivity index (χ3v) is 24.9. The van der Waals surface area contributed by atoms with Gasteiger partial charge in [-0.1, -0.05) is 0 Å². The zero-order valence-electron chi connectivity index (χ0n) is 72.3. The van der Waals surface area contributed by atoms with Crippen LogP contribution in [-0.4, -0.2) is 127 Å². The summed E-state index contributed by atoms with van der Waals surface area (Å²) in [7, 11) is 0. The molecule has 9 fully saturated rings. The molecule has 0 bridgehead atoms. The second-order valence-electron chi connectivity index (χ2n) is 34.9. The van der Waals surface area contributed by atoms with Crippen LogP contribution < -0.4 is 85.1 Å². The van der Waals surface area contributed by atoms with Crippen LogP contribution >= 0.6 is 0 Å². The summed E-state index contributed by atoms with van der Waals surface area (Å²) in [5.41, 5.74) is 34.4. The third kappa shape index (κ3) is 19.0. The molecule has 0 spiro atoms. The Labute approximate surface area is 744 Å². The minimum absolute atomic E-state index is 0.0328. The molecule has 0 radical (unpaired) electrons. The third-order valence-electron chi connectivity index (χ3n) is 24.9. The maximum Gasteiger partial charge on any atom is 0.320 e. The van der Waals surface area contributed by atoms with E-state index in [2.05, 4.69) is 75.0 Å². The molecule has 4 saturated carbocycles. The van der Waals surface area contributed by atoms with Gasteiger partial charge in [0.15, 0.2) is 11.6 Å². The molecule has 4 aliphatic carbocycles. The van der Waals surface area contributed by atoms with Crippen LogP contribution in [0, 0.1) is 87.1 Å². The van der Waals surface area contributed by atoms with E-state index in [-0.39, 0.29) is 160 Å². The maximum atomic E-state index is 14.8. The molecule has 1 unspecified atom stereocenters. The first kappa shape index (κ1) is 89.7. The Kier molecular flexibility index (Phi) is 25.3. The van der Waals surface area contributed by atoms with Crippen molar-refractivity contribution in [2.75, 3.05) is 79.8 Å². The number of nitriles is 3. The number of carbonyl (C=O) groups is 10. The van der Waals surface area contributed by atoms with Crippen molar-refractivity contribution in [3.63, 3.8) is 0 Å². The Morgan fingerprint density at radius 1 is 0.377 bits per heavy atom.